The Kier molecular flexibility index (Phi) is 6.09. The first-order chi connectivity index (χ1) is 14.8. The van der Waals surface area contributed by atoms with E-state index in [2.05, 4.69) is 10.3 Å². The molecule has 0 spiro atoms. The van der Waals surface area contributed by atoms with Crippen molar-refractivity contribution in [2.45, 2.75) is 23.6 Å². The lowest BCUT2D eigenvalue weighted by Crippen LogP contribution is -2.32. The van der Waals surface area contributed by atoms with Crippen LogP contribution < -0.4 is 10.5 Å². The highest BCUT2D eigenvalue weighted by atomic mass is 32.2. The van der Waals surface area contributed by atoms with E-state index in [9.17, 15) is 31.7 Å². The second kappa shape index (κ2) is 8.33. The van der Waals surface area contributed by atoms with Crippen LogP contribution in [0.1, 0.15) is 21.6 Å². The second-order valence-electron chi connectivity index (χ2n) is 7.27. The monoisotopic (exact) mass is 480 g/mol. The lowest BCUT2D eigenvalue weighted by molar-refractivity contribution is -0.384. The quantitative estimate of drug-likeness (QED) is 0.338. The van der Waals surface area contributed by atoms with E-state index in [1.54, 1.807) is 19.9 Å². The summed E-state index contributed by atoms with van der Waals surface area (Å²) in [5, 5.41) is 18.4. The summed E-state index contributed by atoms with van der Waals surface area (Å²) in [5.41, 5.74) is 0.820. The third-order valence-electron chi connectivity index (χ3n) is 4.62. The normalized spacial score (nSPS) is 12.1. The maximum atomic E-state index is 13.6. The number of amides is 1. The molecule has 0 radical (unpaired) electrons. The van der Waals surface area contributed by atoms with Gasteiger partial charge in [-0.3, -0.25) is 14.9 Å². The minimum Gasteiger partial charge on any atom is -0.350 e. The van der Waals surface area contributed by atoms with E-state index < -0.39 is 41.3 Å². The fraction of sp³-hybridized carbons (Fsp3) is 0.211. The van der Waals surface area contributed by atoms with Crippen LogP contribution in [0, 0.1) is 24.0 Å². The first-order valence-electron chi connectivity index (χ1n) is 9.22. The summed E-state index contributed by atoms with van der Waals surface area (Å²) in [6, 6.07) is 8.19. The SMILES string of the molecule is Cc1cc(C)cc(S(=O)(=O)c2c(C(=O)NCCS(N)(=O)=O)[nH]c3ccc([N+](=O)[O-])cc23)c1. The van der Waals surface area contributed by atoms with Crippen LogP contribution in [-0.2, 0) is 19.9 Å². The van der Waals surface area contributed by atoms with Crippen LogP contribution in [0.15, 0.2) is 46.2 Å². The van der Waals surface area contributed by atoms with Gasteiger partial charge in [-0.1, -0.05) is 6.07 Å². The van der Waals surface area contributed by atoms with Gasteiger partial charge < -0.3 is 10.3 Å². The number of H-pyrrole nitrogens is 1. The van der Waals surface area contributed by atoms with Gasteiger partial charge in [-0.15, -0.1) is 0 Å². The number of hydrogen-bond acceptors (Lipinski definition) is 7. The summed E-state index contributed by atoms with van der Waals surface area (Å²) >= 11 is 0. The van der Waals surface area contributed by atoms with Crippen LogP contribution in [0.2, 0.25) is 0 Å². The number of sulfonamides is 1. The third-order valence-corrected chi connectivity index (χ3v) is 7.21. The highest BCUT2D eigenvalue weighted by Crippen LogP contribution is 2.34. The number of fused-ring (bicyclic) bond motifs is 1. The first-order valence-corrected chi connectivity index (χ1v) is 12.4. The summed E-state index contributed by atoms with van der Waals surface area (Å²) in [4.78, 5) is 25.5. The Hall–Kier alpha value is -3.29. The highest BCUT2D eigenvalue weighted by Gasteiger charge is 2.31. The number of carbonyl (C=O) groups is 1. The molecule has 0 aliphatic carbocycles. The number of hydrogen-bond donors (Lipinski definition) is 3. The van der Waals surface area contributed by atoms with Gasteiger partial charge in [-0.2, -0.15) is 0 Å². The summed E-state index contributed by atoms with van der Waals surface area (Å²) in [7, 11) is -8.15. The van der Waals surface area contributed by atoms with Crippen molar-refractivity contribution in [3.05, 3.63) is 63.3 Å². The summed E-state index contributed by atoms with van der Waals surface area (Å²) in [5.74, 6) is -1.45. The Morgan fingerprint density at radius 3 is 2.28 bits per heavy atom. The zero-order chi connectivity index (χ0) is 23.8. The van der Waals surface area contributed by atoms with Crippen molar-refractivity contribution in [2.24, 2.45) is 5.14 Å². The van der Waals surface area contributed by atoms with E-state index >= 15 is 0 Å². The van der Waals surface area contributed by atoms with Crippen molar-refractivity contribution in [1.29, 1.82) is 0 Å². The Morgan fingerprint density at radius 2 is 1.72 bits per heavy atom. The number of carbonyl (C=O) groups excluding carboxylic acids is 1. The van der Waals surface area contributed by atoms with Crippen LogP contribution in [0.5, 0.6) is 0 Å². The molecule has 0 fully saturated rings. The Balaban J connectivity index is 2.23. The number of nitrogens with one attached hydrogen (secondary N) is 2. The predicted molar refractivity (Wildman–Crippen MR) is 117 cm³/mol. The van der Waals surface area contributed by atoms with Crippen LogP contribution in [0.3, 0.4) is 0 Å². The van der Waals surface area contributed by atoms with E-state index in [0.717, 1.165) is 6.07 Å². The van der Waals surface area contributed by atoms with Gasteiger partial charge in [0, 0.05) is 29.6 Å². The molecule has 3 aromatic rings. The Bertz CT molecular complexity index is 1440. The summed E-state index contributed by atoms with van der Waals surface area (Å²) < 4.78 is 49.4. The average Bonchev–Trinajstić information content (AvgIpc) is 3.05. The smallest absolute Gasteiger partial charge is 0.270 e. The summed E-state index contributed by atoms with van der Waals surface area (Å²) in [6.45, 7) is 3.08. The van der Waals surface area contributed by atoms with Crippen LogP contribution in [-0.4, -0.2) is 44.9 Å². The lowest BCUT2D eigenvalue weighted by atomic mass is 10.2. The fourth-order valence-corrected chi connectivity index (χ4v) is 5.48. The van der Waals surface area contributed by atoms with Gasteiger partial charge in [-0.25, -0.2) is 22.0 Å². The standard InChI is InChI=1S/C19H20N4O7S2/c1-11-7-12(2)9-14(8-11)32(29,30)18-15-10-13(23(25)26)3-4-16(15)22-17(18)19(24)21-5-6-31(20,27)28/h3-4,7-10,22H,5-6H2,1-2H3,(H,21,24)(H2,20,27,28). The zero-order valence-corrected chi connectivity index (χ0v) is 18.7. The van der Waals surface area contributed by atoms with Crippen molar-refractivity contribution in [3.63, 3.8) is 0 Å². The number of aromatic nitrogens is 1. The molecule has 0 bridgehead atoms. The van der Waals surface area contributed by atoms with Gasteiger partial charge in [0.25, 0.3) is 11.6 Å². The molecule has 170 valence electrons. The molecular formula is C19H20N4O7S2. The number of nitro groups is 1. The van der Waals surface area contributed by atoms with E-state index in [0.29, 0.717) is 11.1 Å². The molecule has 0 aliphatic heterocycles. The van der Waals surface area contributed by atoms with E-state index in [4.69, 9.17) is 5.14 Å². The van der Waals surface area contributed by atoms with Gasteiger partial charge in [0.15, 0.2) is 0 Å². The molecule has 1 amide bonds. The number of aromatic amines is 1. The molecule has 3 rings (SSSR count). The van der Waals surface area contributed by atoms with Gasteiger partial charge >= 0.3 is 0 Å². The maximum Gasteiger partial charge on any atom is 0.270 e. The molecule has 11 nitrogen and oxygen atoms in total. The van der Waals surface area contributed by atoms with Crippen LogP contribution in [0.25, 0.3) is 10.9 Å². The number of rotatable bonds is 7. The van der Waals surface area contributed by atoms with E-state index in [1.165, 1.54) is 24.3 Å². The molecule has 32 heavy (non-hydrogen) atoms. The number of nitrogens with two attached hydrogens (primary N) is 1. The highest BCUT2D eigenvalue weighted by molar-refractivity contribution is 7.91. The van der Waals surface area contributed by atoms with Crippen LogP contribution in [0.4, 0.5) is 5.69 Å². The molecule has 0 saturated heterocycles. The molecule has 4 N–H and O–H groups in total. The van der Waals surface area contributed by atoms with Gasteiger partial charge in [-0.05, 0) is 43.2 Å². The van der Waals surface area contributed by atoms with Crippen molar-refractivity contribution in [3.8, 4) is 0 Å². The molecule has 0 atom stereocenters. The number of sulfone groups is 1. The van der Waals surface area contributed by atoms with Gasteiger partial charge in [0.1, 0.15) is 10.6 Å². The zero-order valence-electron chi connectivity index (χ0n) is 17.1. The first kappa shape index (κ1) is 23.4. The molecule has 0 aliphatic rings. The van der Waals surface area contributed by atoms with Crippen molar-refractivity contribution >= 4 is 42.4 Å². The predicted octanol–water partition coefficient (Wildman–Crippen LogP) is 1.54. The molecule has 1 aromatic heterocycles. The number of nitro benzene ring substituents is 1. The number of nitrogens with zero attached hydrogens (tertiary/aromatic N) is 1. The topological polar surface area (TPSA) is 182 Å². The number of aryl methyl sites for hydroxylation is 2. The average molecular weight is 481 g/mol. The van der Waals surface area contributed by atoms with Crippen molar-refractivity contribution < 1.29 is 26.6 Å². The maximum absolute atomic E-state index is 13.6. The van der Waals surface area contributed by atoms with Gasteiger partial charge in [0.05, 0.1) is 15.6 Å². The molecular weight excluding hydrogens is 460 g/mol. The van der Waals surface area contributed by atoms with Crippen LogP contribution >= 0.6 is 0 Å². The van der Waals surface area contributed by atoms with E-state index in [-0.39, 0.29) is 33.7 Å². The van der Waals surface area contributed by atoms with Crippen molar-refractivity contribution in [2.75, 3.05) is 12.3 Å². The van der Waals surface area contributed by atoms with Gasteiger partial charge in [0.2, 0.25) is 19.9 Å². The Morgan fingerprint density at radius 1 is 1.09 bits per heavy atom. The number of primary sulfonamides is 1. The molecule has 2 aromatic carbocycles. The van der Waals surface area contributed by atoms with Crippen molar-refractivity contribution in [1.82, 2.24) is 10.3 Å². The minimum absolute atomic E-state index is 0.0324. The molecule has 1 heterocycles. The largest absolute Gasteiger partial charge is 0.350 e. The molecule has 0 unspecified atom stereocenters. The Labute approximate surface area is 183 Å². The lowest BCUT2D eigenvalue weighted by Gasteiger charge is -2.09. The second-order valence-corrected chi connectivity index (χ2v) is 10.9. The fourth-order valence-electron chi connectivity index (χ4n) is 3.31. The number of benzene rings is 2. The van der Waals surface area contributed by atoms with E-state index in [1.807, 2.05) is 0 Å². The molecule has 13 heteroatoms. The third kappa shape index (κ3) is 4.79. The molecule has 0 saturated carbocycles. The number of non-ortho nitro benzene ring substituents is 1. The summed E-state index contributed by atoms with van der Waals surface area (Å²) in [6.07, 6.45) is 0. The minimum atomic E-state index is -4.30.